The second-order valence-electron chi connectivity index (χ2n) is 6.39. The van der Waals surface area contributed by atoms with Crippen LogP contribution in [0.4, 0.5) is 0 Å². The van der Waals surface area contributed by atoms with Crippen LogP contribution in [0.5, 0.6) is 5.75 Å². The maximum Gasteiger partial charge on any atom is 0.266 e. The molecule has 0 fully saturated rings. The third kappa shape index (κ3) is 3.82. The van der Waals surface area contributed by atoms with E-state index in [1.165, 1.54) is 11.3 Å². The summed E-state index contributed by atoms with van der Waals surface area (Å²) >= 11 is 1.38. The van der Waals surface area contributed by atoms with E-state index in [0.717, 1.165) is 21.9 Å². The summed E-state index contributed by atoms with van der Waals surface area (Å²) in [5, 5.41) is 3.57. The second kappa shape index (κ2) is 8.75. The largest absolute Gasteiger partial charge is 0.496 e. The van der Waals surface area contributed by atoms with Crippen LogP contribution in [0, 0.1) is 0 Å². The lowest BCUT2D eigenvalue weighted by molar-refractivity contribution is 0.417. The number of nitrogens with two attached hydrogens (primary N) is 1. The Hall–Kier alpha value is -2.43. The highest BCUT2D eigenvalue weighted by Gasteiger charge is 2.18. The molecule has 0 spiro atoms. The summed E-state index contributed by atoms with van der Waals surface area (Å²) in [6.07, 6.45) is 0. The van der Waals surface area contributed by atoms with Crippen molar-refractivity contribution >= 4 is 54.8 Å². The quantitative estimate of drug-likeness (QED) is 0.405. The van der Waals surface area contributed by atoms with E-state index < -0.39 is 10.0 Å². The number of sulfonamides is 1. The zero-order chi connectivity index (χ0) is 20.6. The third-order valence-corrected chi connectivity index (χ3v) is 7.06. The van der Waals surface area contributed by atoms with E-state index in [9.17, 15) is 13.2 Å². The number of hydrogen-bond acceptors (Lipinski definition) is 6. The number of aromatic nitrogens is 1. The van der Waals surface area contributed by atoms with E-state index in [1.807, 2.05) is 17.5 Å². The van der Waals surface area contributed by atoms with Gasteiger partial charge in [-0.25, -0.2) is 13.1 Å². The van der Waals surface area contributed by atoms with Gasteiger partial charge in [-0.1, -0.05) is 12.1 Å². The molecular formula is C20H20ClN3O4S2. The maximum atomic E-state index is 12.3. The highest BCUT2D eigenvalue weighted by Crippen LogP contribution is 2.40. The van der Waals surface area contributed by atoms with Crippen LogP contribution < -0.4 is 20.8 Å². The standard InChI is InChI=1S/C20H19N3O4S2.ClH/c1-27-16-7-6-15-18(14-8-11-28-19(14)20(24)23-15)17(16)12-2-4-13(5-3-12)29(25,26)22-10-9-21;/h2-8,11,22H,9-10,21H2,1H3,(H,23,24);1H. The SMILES string of the molecule is COc1ccc2[nH]c(=O)c3sccc3c2c1-c1ccc(S(=O)(=O)NCCN)cc1.Cl. The topological polar surface area (TPSA) is 114 Å². The fourth-order valence-electron chi connectivity index (χ4n) is 3.36. The van der Waals surface area contributed by atoms with Gasteiger partial charge < -0.3 is 15.5 Å². The van der Waals surface area contributed by atoms with Crippen LogP contribution in [0.1, 0.15) is 0 Å². The second-order valence-corrected chi connectivity index (χ2v) is 9.08. The molecule has 0 aliphatic carbocycles. The van der Waals surface area contributed by atoms with Crippen molar-refractivity contribution in [2.75, 3.05) is 20.2 Å². The van der Waals surface area contributed by atoms with E-state index in [1.54, 1.807) is 37.4 Å². The molecule has 2 aromatic heterocycles. The fourth-order valence-corrected chi connectivity index (χ4v) is 5.21. The first-order valence-corrected chi connectivity index (χ1v) is 11.2. The van der Waals surface area contributed by atoms with Gasteiger partial charge in [0.15, 0.2) is 0 Å². The average Bonchev–Trinajstić information content (AvgIpc) is 3.22. The van der Waals surface area contributed by atoms with Gasteiger partial charge in [0.25, 0.3) is 5.56 Å². The van der Waals surface area contributed by atoms with Gasteiger partial charge in [0.2, 0.25) is 10.0 Å². The van der Waals surface area contributed by atoms with Gasteiger partial charge in [-0.05, 0) is 41.3 Å². The van der Waals surface area contributed by atoms with Crippen molar-refractivity contribution in [2.45, 2.75) is 4.90 Å². The smallest absolute Gasteiger partial charge is 0.266 e. The van der Waals surface area contributed by atoms with Gasteiger partial charge in [0.05, 0.1) is 12.0 Å². The molecule has 0 aliphatic rings. The normalized spacial score (nSPS) is 11.5. The Labute approximate surface area is 183 Å². The average molecular weight is 466 g/mol. The van der Waals surface area contributed by atoms with Crippen LogP contribution in [0.3, 0.4) is 0 Å². The van der Waals surface area contributed by atoms with Crippen molar-refractivity contribution in [1.82, 2.24) is 9.71 Å². The zero-order valence-electron chi connectivity index (χ0n) is 16.0. The molecule has 0 atom stereocenters. The molecule has 2 aromatic carbocycles. The molecule has 4 N–H and O–H groups in total. The van der Waals surface area contributed by atoms with Crippen LogP contribution in [0.2, 0.25) is 0 Å². The number of nitrogens with one attached hydrogen (secondary N) is 2. The molecule has 4 aromatic rings. The molecule has 0 aliphatic heterocycles. The van der Waals surface area contributed by atoms with E-state index in [2.05, 4.69) is 9.71 Å². The number of ether oxygens (including phenoxy) is 1. The van der Waals surface area contributed by atoms with Gasteiger partial charge in [0, 0.05) is 34.9 Å². The molecule has 30 heavy (non-hydrogen) atoms. The minimum absolute atomic E-state index is 0. The van der Waals surface area contributed by atoms with Crippen molar-refractivity contribution in [3.63, 3.8) is 0 Å². The van der Waals surface area contributed by atoms with Crippen LogP contribution in [0.15, 0.2) is 57.5 Å². The lowest BCUT2D eigenvalue weighted by Crippen LogP contribution is -2.29. The number of rotatable bonds is 6. The first-order chi connectivity index (χ1) is 14.0. The number of benzene rings is 2. The fraction of sp³-hybridized carbons (Fsp3) is 0.150. The molecule has 7 nitrogen and oxygen atoms in total. The number of pyridine rings is 1. The lowest BCUT2D eigenvalue weighted by atomic mass is 9.97. The zero-order valence-corrected chi connectivity index (χ0v) is 18.4. The van der Waals surface area contributed by atoms with Crippen LogP contribution in [-0.2, 0) is 10.0 Å². The van der Waals surface area contributed by atoms with Crippen molar-refractivity contribution in [1.29, 1.82) is 0 Å². The monoisotopic (exact) mass is 465 g/mol. The molecule has 0 bridgehead atoms. The van der Waals surface area contributed by atoms with Crippen molar-refractivity contribution < 1.29 is 13.2 Å². The predicted molar refractivity (Wildman–Crippen MR) is 123 cm³/mol. The van der Waals surface area contributed by atoms with E-state index >= 15 is 0 Å². The van der Waals surface area contributed by atoms with E-state index in [-0.39, 0.29) is 36.0 Å². The summed E-state index contributed by atoms with van der Waals surface area (Å²) in [5.74, 6) is 0.633. The summed E-state index contributed by atoms with van der Waals surface area (Å²) < 4.78 is 33.3. The van der Waals surface area contributed by atoms with Crippen molar-refractivity contribution in [3.8, 4) is 16.9 Å². The predicted octanol–water partition coefficient (Wildman–Crippen LogP) is 3.08. The number of halogens is 1. The van der Waals surface area contributed by atoms with Crippen molar-refractivity contribution in [3.05, 3.63) is 58.2 Å². The third-order valence-electron chi connectivity index (χ3n) is 4.67. The molecule has 0 amide bonds. The molecule has 4 rings (SSSR count). The van der Waals surface area contributed by atoms with E-state index in [4.69, 9.17) is 10.5 Å². The number of aromatic amines is 1. The molecule has 158 valence electrons. The minimum Gasteiger partial charge on any atom is -0.496 e. The summed E-state index contributed by atoms with van der Waals surface area (Å²) in [6, 6.07) is 12.1. The number of methoxy groups -OCH3 is 1. The molecule has 0 radical (unpaired) electrons. The van der Waals surface area contributed by atoms with Crippen LogP contribution in [0.25, 0.3) is 32.1 Å². The molecule has 0 saturated carbocycles. The van der Waals surface area contributed by atoms with Gasteiger partial charge in [-0.3, -0.25) is 4.79 Å². The van der Waals surface area contributed by atoms with Gasteiger partial charge in [-0.15, -0.1) is 23.7 Å². The first-order valence-electron chi connectivity index (χ1n) is 8.86. The molecule has 2 heterocycles. The molecule has 10 heteroatoms. The van der Waals surface area contributed by atoms with E-state index in [0.29, 0.717) is 16.0 Å². The first kappa shape index (κ1) is 22.3. The van der Waals surface area contributed by atoms with Crippen molar-refractivity contribution in [2.24, 2.45) is 5.73 Å². The minimum atomic E-state index is -3.62. The summed E-state index contributed by atoms with van der Waals surface area (Å²) in [6.45, 7) is 0.393. The lowest BCUT2D eigenvalue weighted by Gasteiger charge is -2.14. The molecule has 0 unspecified atom stereocenters. The summed E-state index contributed by atoms with van der Waals surface area (Å²) in [4.78, 5) is 15.4. The molecular weight excluding hydrogens is 446 g/mol. The Morgan fingerprint density at radius 3 is 2.53 bits per heavy atom. The van der Waals surface area contributed by atoms with Crippen LogP contribution >= 0.6 is 23.7 Å². The highest BCUT2D eigenvalue weighted by atomic mass is 35.5. The van der Waals surface area contributed by atoms with Gasteiger partial charge in [0.1, 0.15) is 10.4 Å². The Morgan fingerprint density at radius 1 is 1.13 bits per heavy atom. The summed E-state index contributed by atoms with van der Waals surface area (Å²) in [5.41, 5.74) is 7.52. The Kier molecular flexibility index (Phi) is 6.49. The van der Waals surface area contributed by atoms with Crippen LogP contribution in [-0.4, -0.2) is 33.6 Å². The van der Waals surface area contributed by atoms with Gasteiger partial charge >= 0.3 is 0 Å². The Balaban J connectivity index is 0.00000256. The summed E-state index contributed by atoms with van der Waals surface area (Å²) in [7, 11) is -2.04. The number of fused-ring (bicyclic) bond motifs is 3. The van der Waals surface area contributed by atoms with Gasteiger partial charge in [-0.2, -0.15) is 0 Å². The Bertz CT molecular complexity index is 1360. The highest BCUT2D eigenvalue weighted by molar-refractivity contribution is 7.89. The number of hydrogen-bond donors (Lipinski definition) is 3. The number of thiophene rings is 1. The Morgan fingerprint density at radius 2 is 1.87 bits per heavy atom. The maximum absolute atomic E-state index is 12.3. The number of H-pyrrole nitrogens is 1. The molecule has 0 saturated heterocycles.